The fourth-order valence-electron chi connectivity index (χ4n) is 0.843. The molecule has 0 saturated carbocycles. The molecule has 0 unspecified atom stereocenters. The van der Waals surface area contributed by atoms with Gasteiger partial charge in [-0.1, -0.05) is 13.8 Å². The van der Waals surface area contributed by atoms with Gasteiger partial charge in [0.2, 0.25) is 5.91 Å². The van der Waals surface area contributed by atoms with Crippen LogP contribution >= 0.6 is 11.8 Å². The molecule has 1 aromatic rings. The Balaban J connectivity index is 2.59. The van der Waals surface area contributed by atoms with Crippen LogP contribution in [0, 0.1) is 0 Å². The number of thioether (sulfide) groups is 1. The number of carbonyl (C=O) groups excluding carboxylic acids is 1. The van der Waals surface area contributed by atoms with Gasteiger partial charge in [0.25, 0.3) is 0 Å². The van der Waals surface area contributed by atoms with Crippen molar-refractivity contribution < 1.29 is 4.79 Å². The quantitative estimate of drug-likeness (QED) is 0.773. The van der Waals surface area contributed by atoms with E-state index in [-0.39, 0.29) is 5.91 Å². The number of nitrogens with one attached hydrogen (secondary N) is 1. The topological polar surface area (TPSA) is 54.9 Å². The van der Waals surface area contributed by atoms with Crippen LogP contribution in [0.15, 0.2) is 17.2 Å². The van der Waals surface area contributed by atoms with Gasteiger partial charge < -0.3 is 5.32 Å². The van der Waals surface area contributed by atoms with E-state index in [0.717, 1.165) is 10.8 Å². The molecule has 0 fully saturated rings. The Morgan fingerprint density at radius 2 is 2.21 bits per heavy atom. The van der Waals surface area contributed by atoms with Crippen molar-refractivity contribution in [1.82, 2.24) is 10.2 Å². The molecular formula is C9H13N3OS. The van der Waals surface area contributed by atoms with Crippen LogP contribution in [0.1, 0.15) is 20.3 Å². The van der Waals surface area contributed by atoms with Gasteiger partial charge in [0.15, 0.2) is 5.82 Å². The van der Waals surface area contributed by atoms with E-state index in [1.54, 1.807) is 24.8 Å². The number of nitrogens with zero attached hydrogens (tertiary/aromatic N) is 2. The average Bonchev–Trinajstić information content (AvgIpc) is 2.21. The molecule has 0 aromatic carbocycles. The standard InChI is InChI=1S/C9H13N3OS/c1-3-8(13)10-7-5-6-9(12-11-7)14-4-2/h5-6H,3-4H2,1-2H3,(H,10,11,13). The largest absolute Gasteiger partial charge is 0.309 e. The van der Waals surface area contributed by atoms with Crippen LogP contribution in [0.3, 0.4) is 0 Å². The summed E-state index contributed by atoms with van der Waals surface area (Å²) in [5.74, 6) is 1.43. The predicted molar refractivity (Wildman–Crippen MR) is 57.4 cm³/mol. The minimum atomic E-state index is -0.0461. The van der Waals surface area contributed by atoms with Crippen molar-refractivity contribution in [2.45, 2.75) is 25.3 Å². The second-order valence-electron chi connectivity index (χ2n) is 2.59. The molecule has 14 heavy (non-hydrogen) atoms. The smallest absolute Gasteiger partial charge is 0.225 e. The van der Waals surface area contributed by atoms with Crippen molar-refractivity contribution >= 4 is 23.5 Å². The summed E-state index contributed by atoms with van der Waals surface area (Å²) in [5.41, 5.74) is 0. The Kier molecular flexibility index (Phi) is 4.39. The molecule has 0 atom stereocenters. The van der Waals surface area contributed by atoms with E-state index in [2.05, 4.69) is 22.4 Å². The summed E-state index contributed by atoms with van der Waals surface area (Å²) in [4.78, 5) is 11.0. The maximum atomic E-state index is 11.0. The molecule has 1 N–H and O–H groups in total. The van der Waals surface area contributed by atoms with E-state index in [9.17, 15) is 4.79 Å². The Hall–Kier alpha value is -1.10. The lowest BCUT2D eigenvalue weighted by atomic mass is 10.4. The van der Waals surface area contributed by atoms with E-state index in [1.165, 1.54) is 0 Å². The van der Waals surface area contributed by atoms with E-state index in [4.69, 9.17) is 0 Å². The molecule has 0 radical (unpaired) electrons. The third-order valence-electron chi connectivity index (χ3n) is 1.52. The number of hydrogen-bond acceptors (Lipinski definition) is 4. The maximum absolute atomic E-state index is 11.0. The number of hydrogen-bond donors (Lipinski definition) is 1. The fraction of sp³-hybridized carbons (Fsp3) is 0.444. The zero-order chi connectivity index (χ0) is 10.4. The first-order valence-corrected chi connectivity index (χ1v) is 5.51. The van der Waals surface area contributed by atoms with Crippen molar-refractivity contribution in [2.75, 3.05) is 11.1 Å². The van der Waals surface area contributed by atoms with E-state index >= 15 is 0 Å². The zero-order valence-electron chi connectivity index (χ0n) is 8.28. The summed E-state index contributed by atoms with van der Waals surface area (Å²) in [6.45, 7) is 3.85. The Labute approximate surface area is 87.5 Å². The van der Waals surface area contributed by atoms with Crippen molar-refractivity contribution in [3.63, 3.8) is 0 Å². The highest BCUT2D eigenvalue weighted by molar-refractivity contribution is 7.99. The lowest BCUT2D eigenvalue weighted by molar-refractivity contribution is -0.115. The van der Waals surface area contributed by atoms with Gasteiger partial charge in [0.05, 0.1) is 0 Å². The molecule has 1 aromatic heterocycles. The van der Waals surface area contributed by atoms with Gasteiger partial charge in [-0.15, -0.1) is 22.0 Å². The molecule has 5 heteroatoms. The van der Waals surface area contributed by atoms with Crippen LogP contribution in [0.4, 0.5) is 5.82 Å². The Bertz CT molecular complexity index is 299. The van der Waals surface area contributed by atoms with Gasteiger partial charge in [-0.2, -0.15) is 0 Å². The second-order valence-corrected chi connectivity index (χ2v) is 3.88. The number of carbonyl (C=O) groups is 1. The zero-order valence-corrected chi connectivity index (χ0v) is 9.10. The van der Waals surface area contributed by atoms with Crippen LogP contribution in [0.5, 0.6) is 0 Å². The van der Waals surface area contributed by atoms with E-state index in [0.29, 0.717) is 12.2 Å². The van der Waals surface area contributed by atoms with Gasteiger partial charge in [0, 0.05) is 6.42 Å². The molecule has 1 rings (SSSR count). The van der Waals surface area contributed by atoms with Gasteiger partial charge in [-0.05, 0) is 17.9 Å². The first-order valence-electron chi connectivity index (χ1n) is 4.52. The van der Waals surface area contributed by atoms with Gasteiger partial charge in [-0.3, -0.25) is 4.79 Å². The summed E-state index contributed by atoms with van der Waals surface area (Å²) >= 11 is 1.62. The number of anilines is 1. The van der Waals surface area contributed by atoms with Crippen molar-refractivity contribution in [3.8, 4) is 0 Å². The van der Waals surface area contributed by atoms with Crippen molar-refractivity contribution in [2.24, 2.45) is 0 Å². The van der Waals surface area contributed by atoms with Crippen molar-refractivity contribution in [1.29, 1.82) is 0 Å². The van der Waals surface area contributed by atoms with Crippen LogP contribution in [0.25, 0.3) is 0 Å². The first kappa shape index (κ1) is 11.0. The summed E-state index contributed by atoms with van der Waals surface area (Å²) in [5, 5.41) is 11.4. The Morgan fingerprint density at radius 3 is 2.71 bits per heavy atom. The SMILES string of the molecule is CCSc1ccc(NC(=O)CC)nn1. The highest BCUT2D eigenvalue weighted by Gasteiger charge is 2.00. The highest BCUT2D eigenvalue weighted by atomic mass is 32.2. The molecule has 1 heterocycles. The summed E-state index contributed by atoms with van der Waals surface area (Å²) in [7, 11) is 0. The summed E-state index contributed by atoms with van der Waals surface area (Å²) in [6, 6.07) is 3.62. The van der Waals surface area contributed by atoms with Crippen LogP contribution in [-0.2, 0) is 4.79 Å². The molecule has 1 amide bonds. The normalized spacial score (nSPS) is 9.86. The molecule has 0 aliphatic heterocycles. The third-order valence-corrected chi connectivity index (χ3v) is 2.32. The average molecular weight is 211 g/mol. The number of amides is 1. The molecular weight excluding hydrogens is 198 g/mol. The molecule has 0 aliphatic carbocycles. The molecule has 4 nitrogen and oxygen atoms in total. The molecule has 0 spiro atoms. The van der Waals surface area contributed by atoms with Crippen molar-refractivity contribution in [3.05, 3.63) is 12.1 Å². The van der Waals surface area contributed by atoms with Crippen LogP contribution < -0.4 is 5.32 Å². The molecule has 0 aliphatic rings. The summed E-state index contributed by atoms with van der Waals surface area (Å²) in [6.07, 6.45) is 0.452. The maximum Gasteiger partial charge on any atom is 0.225 e. The number of aromatic nitrogens is 2. The summed E-state index contributed by atoms with van der Waals surface area (Å²) < 4.78 is 0. The molecule has 0 saturated heterocycles. The van der Waals surface area contributed by atoms with E-state index in [1.807, 2.05) is 6.07 Å². The minimum Gasteiger partial charge on any atom is -0.309 e. The van der Waals surface area contributed by atoms with Gasteiger partial charge >= 0.3 is 0 Å². The van der Waals surface area contributed by atoms with E-state index < -0.39 is 0 Å². The van der Waals surface area contributed by atoms with Gasteiger partial charge in [-0.25, -0.2) is 0 Å². The number of rotatable bonds is 4. The second kappa shape index (κ2) is 5.59. The van der Waals surface area contributed by atoms with Crippen LogP contribution in [-0.4, -0.2) is 21.9 Å². The monoisotopic (exact) mass is 211 g/mol. The molecule has 76 valence electrons. The first-order chi connectivity index (χ1) is 6.76. The highest BCUT2D eigenvalue weighted by Crippen LogP contribution is 2.14. The minimum absolute atomic E-state index is 0.0461. The lowest BCUT2D eigenvalue weighted by Gasteiger charge is -2.01. The Morgan fingerprint density at radius 1 is 1.43 bits per heavy atom. The fourth-order valence-corrected chi connectivity index (χ4v) is 1.40. The van der Waals surface area contributed by atoms with Gasteiger partial charge in [0.1, 0.15) is 5.03 Å². The lowest BCUT2D eigenvalue weighted by Crippen LogP contribution is -2.11. The predicted octanol–water partition coefficient (Wildman–Crippen LogP) is 1.94. The molecule has 0 bridgehead atoms. The third kappa shape index (κ3) is 3.33. The van der Waals surface area contributed by atoms with Crippen LogP contribution in [0.2, 0.25) is 0 Å².